The molecule has 2 fully saturated rings. The van der Waals surface area contributed by atoms with Crippen LogP contribution >= 0.6 is 0 Å². The lowest BCUT2D eigenvalue weighted by atomic mass is 9.88. The number of aliphatic carboxylic acids is 1. The standard InChI is InChI=1S/C13H24N2O2/c1-9-3-10(2)8-15(7-9)12-4-11(13(16)17)5-14-6-12/h9-12,14H,3-8H2,1-2H3,(H,16,17)/t9-,10+,11-,12-/m0/s1. The highest BCUT2D eigenvalue weighted by Crippen LogP contribution is 2.25. The molecule has 0 saturated carbocycles. The van der Waals surface area contributed by atoms with Gasteiger partial charge in [0.2, 0.25) is 0 Å². The molecule has 98 valence electrons. The number of carboxylic acids is 1. The Morgan fingerprint density at radius 3 is 2.41 bits per heavy atom. The third kappa shape index (κ3) is 3.19. The van der Waals surface area contributed by atoms with Crippen LogP contribution in [-0.4, -0.2) is 48.2 Å². The maximum atomic E-state index is 11.1. The Hall–Kier alpha value is -0.610. The molecule has 2 heterocycles. The van der Waals surface area contributed by atoms with Gasteiger partial charge in [-0.15, -0.1) is 0 Å². The Labute approximate surface area is 103 Å². The van der Waals surface area contributed by atoms with E-state index in [0.29, 0.717) is 12.6 Å². The first kappa shape index (κ1) is 12.8. The van der Waals surface area contributed by atoms with Crippen molar-refractivity contribution in [2.45, 2.75) is 32.7 Å². The van der Waals surface area contributed by atoms with Crippen molar-refractivity contribution in [3.8, 4) is 0 Å². The van der Waals surface area contributed by atoms with Crippen LogP contribution in [0.4, 0.5) is 0 Å². The van der Waals surface area contributed by atoms with E-state index >= 15 is 0 Å². The van der Waals surface area contributed by atoms with Gasteiger partial charge in [0.05, 0.1) is 5.92 Å². The second-order valence-corrected chi connectivity index (χ2v) is 5.98. The zero-order chi connectivity index (χ0) is 12.4. The van der Waals surface area contributed by atoms with Crippen molar-refractivity contribution in [3.05, 3.63) is 0 Å². The summed E-state index contributed by atoms with van der Waals surface area (Å²) < 4.78 is 0. The molecule has 0 amide bonds. The van der Waals surface area contributed by atoms with E-state index in [2.05, 4.69) is 24.1 Å². The first-order chi connectivity index (χ1) is 8.06. The summed E-state index contributed by atoms with van der Waals surface area (Å²) in [5, 5.41) is 12.4. The summed E-state index contributed by atoms with van der Waals surface area (Å²) in [7, 11) is 0. The molecule has 0 unspecified atom stereocenters. The number of piperidine rings is 2. The second kappa shape index (κ2) is 5.36. The third-order valence-electron chi connectivity index (χ3n) is 4.09. The van der Waals surface area contributed by atoms with Crippen LogP contribution < -0.4 is 5.32 Å². The van der Waals surface area contributed by atoms with Crippen LogP contribution in [0.1, 0.15) is 26.7 Å². The number of nitrogens with one attached hydrogen (secondary N) is 1. The Morgan fingerprint density at radius 2 is 1.82 bits per heavy atom. The molecule has 0 spiro atoms. The van der Waals surface area contributed by atoms with E-state index in [0.717, 1.165) is 37.9 Å². The summed E-state index contributed by atoms with van der Waals surface area (Å²) in [4.78, 5) is 13.6. The molecule has 2 saturated heterocycles. The molecule has 2 aliphatic rings. The number of hydrogen-bond acceptors (Lipinski definition) is 3. The van der Waals surface area contributed by atoms with Crippen molar-refractivity contribution in [1.82, 2.24) is 10.2 Å². The number of carbonyl (C=O) groups is 1. The molecule has 2 rings (SSSR count). The number of carboxylic acid groups (broad SMARTS) is 1. The van der Waals surface area contributed by atoms with Crippen molar-refractivity contribution >= 4 is 5.97 Å². The molecule has 4 atom stereocenters. The Bertz CT molecular complexity index is 273. The minimum atomic E-state index is -0.652. The average molecular weight is 240 g/mol. The van der Waals surface area contributed by atoms with Crippen molar-refractivity contribution in [3.63, 3.8) is 0 Å². The predicted molar refractivity (Wildman–Crippen MR) is 66.9 cm³/mol. The number of hydrogen-bond donors (Lipinski definition) is 2. The van der Waals surface area contributed by atoms with E-state index in [1.165, 1.54) is 6.42 Å². The number of rotatable bonds is 2. The predicted octanol–water partition coefficient (Wildman–Crippen LogP) is 1.03. The first-order valence-corrected chi connectivity index (χ1v) is 6.73. The lowest BCUT2D eigenvalue weighted by Crippen LogP contribution is -2.54. The second-order valence-electron chi connectivity index (χ2n) is 5.98. The number of likely N-dealkylation sites (tertiary alicyclic amines) is 1. The van der Waals surface area contributed by atoms with Gasteiger partial charge in [-0.05, 0) is 24.7 Å². The minimum Gasteiger partial charge on any atom is -0.481 e. The maximum absolute atomic E-state index is 11.1. The summed E-state index contributed by atoms with van der Waals surface area (Å²) in [6, 6.07) is 0.412. The smallest absolute Gasteiger partial charge is 0.307 e. The van der Waals surface area contributed by atoms with Crippen LogP contribution in [0, 0.1) is 17.8 Å². The summed E-state index contributed by atoms with van der Waals surface area (Å²) in [5.74, 6) is 0.620. The molecule has 0 aliphatic carbocycles. The SMILES string of the molecule is C[C@@H]1C[C@H](C)CN([C@@H]2CNC[C@@H](C(=O)O)C2)C1. The fraction of sp³-hybridized carbons (Fsp3) is 0.923. The van der Waals surface area contributed by atoms with Gasteiger partial charge in [-0.25, -0.2) is 0 Å². The summed E-state index contributed by atoms with van der Waals surface area (Å²) >= 11 is 0. The van der Waals surface area contributed by atoms with Crippen LogP contribution in [0.3, 0.4) is 0 Å². The molecule has 17 heavy (non-hydrogen) atoms. The Balaban J connectivity index is 1.94. The van der Waals surface area contributed by atoms with Crippen molar-refractivity contribution in [2.75, 3.05) is 26.2 Å². The van der Waals surface area contributed by atoms with Crippen LogP contribution in [-0.2, 0) is 4.79 Å². The van der Waals surface area contributed by atoms with Gasteiger partial charge in [-0.3, -0.25) is 9.69 Å². The summed E-state index contributed by atoms with van der Waals surface area (Å²) in [6.07, 6.45) is 2.11. The quantitative estimate of drug-likeness (QED) is 0.757. The highest BCUT2D eigenvalue weighted by atomic mass is 16.4. The van der Waals surface area contributed by atoms with E-state index in [9.17, 15) is 4.79 Å². The Morgan fingerprint density at radius 1 is 1.18 bits per heavy atom. The Kier molecular flexibility index (Phi) is 4.05. The molecular weight excluding hydrogens is 216 g/mol. The van der Waals surface area contributed by atoms with Gasteiger partial charge < -0.3 is 10.4 Å². The van der Waals surface area contributed by atoms with Gasteiger partial charge in [0.1, 0.15) is 0 Å². The molecule has 0 radical (unpaired) electrons. The number of nitrogens with zero attached hydrogens (tertiary/aromatic N) is 1. The topological polar surface area (TPSA) is 52.6 Å². The zero-order valence-electron chi connectivity index (χ0n) is 10.9. The molecule has 4 nitrogen and oxygen atoms in total. The fourth-order valence-electron chi connectivity index (χ4n) is 3.39. The molecule has 4 heteroatoms. The maximum Gasteiger partial charge on any atom is 0.307 e. The van der Waals surface area contributed by atoms with E-state index in [4.69, 9.17) is 5.11 Å². The first-order valence-electron chi connectivity index (χ1n) is 6.73. The minimum absolute atomic E-state index is 0.207. The van der Waals surface area contributed by atoms with Gasteiger partial charge in [0, 0.05) is 32.2 Å². The highest BCUT2D eigenvalue weighted by molar-refractivity contribution is 5.70. The molecule has 2 N–H and O–H groups in total. The molecule has 2 aliphatic heterocycles. The molecule has 0 bridgehead atoms. The van der Waals surface area contributed by atoms with Crippen molar-refractivity contribution < 1.29 is 9.90 Å². The molecular formula is C13H24N2O2. The van der Waals surface area contributed by atoms with E-state index in [1.807, 2.05) is 0 Å². The van der Waals surface area contributed by atoms with E-state index in [1.54, 1.807) is 0 Å². The van der Waals surface area contributed by atoms with Gasteiger partial charge in [0.15, 0.2) is 0 Å². The molecule has 0 aromatic rings. The summed E-state index contributed by atoms with van der Waals surface area (Å²) in [6.45, 7) is 8.43. The largest absolute Gasteiger partial charge is 0.481 e. The monoisotopic (exact) mass is 240 g/mol. The van der Waals surface area contributed by atoms with E-state index in [-0.39, 0.29) is 5.92 Å². The van der Waals surface area contributed by atoms with E-state index < -0.39 is 5.97 Å². The van der Waals surface area contributed by atoms with Crippen LogP contribution in [0.5, 0.6) is 0 Å². The lowest BCUT2D eigenvalue weighted by Gasteiger charge is -2.42. The molecule has 0 aromatic carbocycles. The molecule has 0 aromatic heterocycles. The van der Waals surface area contributed by atoms with Gasteiger partial charge in [-0.1, -0.05) is 13.8 Å². The van der Waals surface area contributed by atoms with Crippen LogP contribution in [0.2, 0.25) is 0 Å². The normalized spacial score (nSPS) is 40.1. The van der Waals surface area contributed by atoms with Crippen molar-refractivity contribution in [2.24, 2.45) is 17.8 Å². The van der Waals surface area contributed by atoms with Crippen LogP contribution in [0.25, 0.3) is 0 Å². The third-order valence-corrected chi connectivity index (χ3v) is 4.09. The lowest BCUT2D eigenvalue weighted by molar-refractivity contribution is -0.143. The highest BCUT2D eigenvalue weighted by Gasteiger charge is 2.33. The average Bonchev–Trinajstić information content (AvgIpc) is 2.28. The zero-order valence-corrected chi connectivity index (χ0v) is 10.9. The van der Waals surface area contributed by atoms with Gasteiger partial charge in [0.25, 0.3) is 0 Å². The van der Waals surface area contributed by atoms with Gasteiger partial charge in [-0.2, -0.15) is 0 Å². The fourth-order valence-corrected chi connectivity index (χ4v) is 3.39. The van der Waals surface area contributed by atoms with Crippen molar-refractivity contribution in [1.29, 1.82) is 0 Å². The van der Waals surface area contributed by atoms with Crippen LogP contribution in [0.15, 0.2) is 0 Å². The summed E-state index contributed by atoms with van der Waals surface area (Å²) in [5.41, 5.74) is 0. The van der Waals surface area contributed by atoms with Gasteiger partial charge >= 0.3 is 5.97 Å².